The topological polar surface area (TPSA) is 143 Å². The van der Waals surface area contributed by atoms with Gasteiger partial charge in [0.25, 0.3) is 5.91 Å². The normalized spacial score (nSPS) is 13.8. The van der Waals surface area contributed by atoms with Gasteiger partial charge in [-0.25, -0.2) is 13.2 Å². The minimum Gasteiger partial charge on any atom is -0.497 e. The van der Waals surface area contributed by atoms with E-state index < -0.39 is 21.9 Å². The summed E-state index contributed by atoms with van der Waals surface area (Å²) in [6.45, 7) is 1.02. The first-order valence-electron chi connectivity index (χ1n) is 15.5. The van der Waals surface area contributed by atoms with Crippen molar-refractivity contribution in [2.75, 3.05) is 26.7 Å². The highest BCUT2D eigenvalue weighted by atomic mass is 32.2. The zero-order valence-corrected chi connectivity index (χ0v) is 27.3. The molecule has 1 aliphatic rings. The van der Waals surface area contributed by atoms with Crippen molar-refractivity contribution >= 4 is 27.8 Å². The average molecular weight is 672 g/mol. The molecule has 0 aromatic heterocycles. The number of para-hydroxylation sites is 1. The fourth-order valence-electron chi connectivity index (χ4n) is 5.46. The van der Waals surface area contributed by atoms with Gasteiger partial charge in [-0.15, -0.1) is 0 Å². The molecule has 2 amide bonds. The maximum atomic E-state index is 13.1. The number of benzene rings is 4. The lowest BCUT2D eigenvalue weighted by molar-refractivity contribution is -0.156. The second kappa shape index (κ2) is 15.6. The highest BCUT2D eigenvalue weighted by Crippen LogP contribution is 2.26. The average Bonchev–Trinajstić information content (AvgIpc) is 3.11. The van der Waals surface area contributed by atoms with Gasteiger partial charge in [0.05, 0.1) is 12.0 Å². The van der Waals surface area contributed by atoms with E-state index in [-0.39, 0.29) is 42.9 Å². The lowest BCUT2D eigenvalue weighted by Gasteiger charge is -2.34. The molecule has 0 atom stereocenters. The number of piperidine rings is 1. The molecule has 0 unspecified atom stereocenters. The second-order valence-electron chi connectivity index (χ2n) is 11.5. The van der Waals surface area contributed by atoms with Crippen LogP contribution in [0.2, 0.25) is 0 Å². The van der Waals surface area contributed by atoms with E-state index >= 15 is 0 Å². The number of amides is 2. The molecule has 1 saturated heterocycles. The number of carboxylic acids is 1. The van der Waals surface area contributed by atoms with Crippen molar-refractivity contribution in [2.24, 2.45) is 5.92 Å². The van der Waals surface area contributed by atoms with Crippen LogP contribution in [-0.2, 0) is 32.7 Å². The predicted molar refractivity (Wildman–Crippen MR) is 178 cm³/mol. The molecule has 0 spiro atoms. The molecule has 12 heteroatoms. The summed E-state index contributed by atoms with van der Waals surface area (Å²) in [5.74, 6) is -0.986. The lowest BCUT2D eigenvalue weighted by atomic mass is 9.97. The van der Waals surface area contributed by atoms with E-state index in [0.717, 1.165) is 11.3 Å². The van der Waals surface area contributed by atoms with Crippen LogP contribution >= 0.6 is 0 Å². The SMILES string of the molecule is COc1ccc(S(=O)(=O)N2CCC(CN(Cc3ccc(C(=O)NCc4ccc(Oc5ccccc5)cc4)cc3)C(=O)C(=O)O)CC2)cc1. The van der Waals surface area contributed by atoms with Crippen LogP contribution in [0.15, 0.2) is 108 Å². The van der Waals surface area contributed by atoms with Gasteiger partial charge in [-0.05, 0) is 90.6 Å². The number of carboxylic acid groups (broad SMARTS) is 1. The van der Waals surface area contributed by atoms with Crippen molar-refractivity contribution in [1.82, 2.24) is 14.5 Å². The standard InChI is InChI=1S/C36H37N3O8S/c1-46-30-15-17-33(18-16-30)48(44,45)39-21-19-28(20-22-39)25-38(35(41)36(42)43)24-27-7-11-29(12-8-27)34(40)37-23-26-9-13-32(14-10-26)47-31-5-3-2-4-6-31/h2-18,28H,19-25H2,1H3,(H,37,40)(H,42,43). The summed E-state index contributed by atoms with van der Waals surface area (Å²) in [6, 6.07) is 29.7. The molecule has 0 aliphatic carbocycles. The van der Waals surface area contributed by atoms with E-state index in [0.29, 0.717) is 42.0 Å². The fraction of sp³-hybridized carbons (Fsp3) is 0.250. The number of hydrogen-bond donors (Lipinski definition) is 2. The molecule has 0 bridgehead atoms. The number of nitrogens with one attached hydrogen (secondary N) is 1. The summed E-state index contributed by atoms with van der Waals surface area (Å²) in [7, 11) is -2.19. The third kappa shape index (κ3) is 8.78. The van der Waals surface area contributed by atoms with E-state index in [1.165, 1.54) is 28.4 Å². The third-order valence-corrected chi connectivity index (χ3v) is 10.1. The summed E-state index contributed by atoms with van der Waals surface area (Å²) in [5, 5.41) is 12.4. The van der Waals surface area contributed by atoms with E-state index in [1.807, 2.05) is 54.6 Å². The molecule has 4 aromatic carbocycles. The largest absolute Gasteiger partial charge is 0.497 e. The van der Waals surface area contributed by atoms with Crippen LogP contribution in [0.5, 0.6) is 17.2 Å². The van der Waals surface area contributed by atoms with E-state index in [2.05, 4.69) is 5.32 Å². The van der Waals surface area contributed by atoms with Gasteiger partial charge in [-0.2, -0.15) is 4.31 Å². The highest BCUT2D eigenvalue weighted by molar-refractivity contribution is 7.89. The number of nitrogens with zero attached hydrogens (tertiary/aromatic N) is 2. The molecule has 250 valence electrons. The molecule has 0 saturated carbocycles. The molecule has 4 aromatic rings. The molecule has 48 heavy (non-hydrogen) atoms. The number of hydrogen-bond acceptors (Lipinski definition) is 7. The van der Waals surface area contributed by atoms with E-state index in [9.17, 15) is 27.9 Å². The minimum atomic E-state index is -3.70. The highest BCUT2D eigenvalue weighted by Gasteiger charge is 2.32. The number of rotatable bonds is 12. The first kappa shape index (κ1) is 34.1. The Hall–Kier alpha value is -5.20. The van der Waals surface area contributed by atoms with Crippen molar-refractivity contribution < 1.29 is 37.4 Å². The van der Waals surface area contributed by atoms with E-state index in [1.54, 1.807) is 36.4 Å². The summed E-state index contributed by atoms with van der Waals surface area (Å²) in [4.78, 5) is 38.5. The lowest BCUT2D eigenvalue weighted by Crippen LogP contribution is -2.44. The van der Waals surface area contributed by atoms with Crippen LogP contribution in [0.1, 0.15) is 34.3 Å². The van der Waals surface area contributed by atoms with Gasteiger partial charge in [-0.3, -0.25) is 9.59 Å². The minimum absolute atomic E-state index is 0.0365. The quantitative estimate of drug-likeness (QED) is 0.202. The molecule has 11 nitrogen and oxygen atoms in total. The summed E-state index contributed by atoms with van der Waals surface area (Å²) in [6.07, 6.45) is 0.946. The van der Waals surface area contributed by atoms with Crippen molar-refractivity contribution in [3.05, 3.63) is 120 Å². The van der Waals surface area contributed by atoms with Gasteiger partial charge in [0, 0.05) is 38.3 Å². The van der Waals surface area contributed by atoms with Crippen LogP contribution < -0.4 is 14.8 Å². The zero-order chi connectivity index (χ0) is 34.1. The monoisotopic (exact) mass is 671 g/mol. The van der Waals surface area contributed by atoms with Gasteiger partial charge in [0.1, 0.15) is 17.2 Å². The van der Waals surface area contributed by atoms with E-state index in [4.69, 9.17) is 9.47 Å². The Kier molecular flexibility index (Phi) is 11.1. The Balaban J connectivity index is 1.13. The summed E-state index contributed by atoms with van der Waals surface area (Å²) < 4.78 is 38.6. The number of carbonyl (C=O) groups is 3. The van der Waals surface area contributed by atoms with Crippen molar-refractivity contribution in [3.63, 3.8) is 0 Å². The fourth-order valence-corrected chi connectivity index (χ4v) is 6.93. The maximum Gasteiger partial charge on any atom is 0.394 e. The molecule has 1 fully saturated rings. The first-order chi connectivity index (χ1) is 23.1. The smallest absolute Gasteiger partial charge is 0.394 e. The first-order valence-corrected chi connectivity index (χ1v) is 16.9. The van der Waals surface area contributed by atoms with Crippen LogP contribution in [0, 0.1) is 5.92 Å². The van der Waals surface area contributed by atoms with Crippen LogP contribution in [0.25, 0.3) is 0 Å². The Bertz CT molecular complexity index is 1810. The van der Waals surface area contributed by atoms with Gasteiger partial charge in [0.2, 0.25) is 10.0 Å². The molecular weight excluding hydrogens is 634 g/mol. The van der Waals surface area contributed by atoms with Gasteiger partial charge < -0.3 is 24.8 Å². The molecule has 5 rings (SSSR count). The van der Waals surface area contributed by atoms with Crippen LogP contribution in [0.3, 0.4) is 0 Å². The number of ether oxygens (including phenoxy) is 2. The summed E-state index contributed by atoms with van der Waals surface area (Å²) in [5.41, 5.74) is 1.98. The third-order valence-electron chi connectivity index (χ3n) is 8.16. The zero-order valence-electron chi connectivity index (χ0n) is 26.4. The maximum absolute atomic E-state index is 13.1. The number of methoxy groups -OCH3 is 1. The number of aliphatic carboxylic acids is 1. The molecule has 1 aliphatic heterocycles. The molecule has 0 radical (unpaired) electrons. The Morgan fingerprint density at radius 2 is 1.40 bits per heavy atom. The molecular formula is C36H37N3O8S. The Morgan fingerprint density at radius 3 is 2.00 bits per heavy atom. The number of carbonyl (C=O) groups excluding carboxylic acids is 2. The van der Waals surface area contributed by atoms with Crippen LogP contribution in [0.4, 0.5) is 0 Å². The van der Waals surface area contributed by atoms with Gasteiger partial charge >= 0.3 is 11.9 Å². The molecule has 2 N–H and O–H groups in total. The Labute approximate surface area is 279 Å². The number of sulfonamides is 1. The van der Waals surface area contributed by atoms with Crippen LogP contribution in [-0.4, -0.2) is 67.3 Å². The van der Waals surface area contributed by atoms with Crippen molar-refractivity contribution in [1.29, 1.82) is 0 Å². The predicted octanol–water partition coefficient (Wildman–Crippen LogP) is 4.93. The summed E-state index contributed by atoms with van der Waals surface area (Å²) >= 11 is 0. The van der Waals surface area contributed by atoms with Gasteiger partial charge in [0.15, 0.2) is 0 Å². The van der Waals surface area contributed by atoms with Gasteiger partial charge in [-0.1, -0.05) is 42.5 Å². The Morgan fingerprint density at radius 1 is 0.812 bits per heavy atom. The van der Waals surface area contributed by atoms with Crippen molar-refractivity contribution in [3.8, 4) is 17.2 Å². The second-order valence-corrected chi connectivity index (χ2v) is 13.4. The van der Waals surface area contributed by atoms with Crippen molar-refractivity contribution in [2.45, 2.75) is 30.8 Å². The molecule has 1 heterocycles.